The van der Waals surface area contributed by atoms with Crippen LogP contribution in [-0.4, -0.2) is 58.5 Å². The molecule has 2 aromatic carbocycles. The maximum Gasteiger partial charge on any atom is 0.270 e. The van der Waals surface area contributed by atoms with Crippen molar-refractivity contribution in [2.45, 2.75) is 39.5 Å². The number of nitrogens with zero attached hydrogens (tertiary/aromatic N) is 3. The van der Waals surface area contributed by atoms with Crippen LogP contribution < -0.4 is 0 Å². The van der Waals surface area contributed by atoms with E-state index in [0.717, 1.165) is 19.3 Å². The number of ketones is 1. The second-order valence-electron chi connectivity index (χ2n) is 9.78. The van der Waals surface area contributed by atoms with E-state index < -0.39 is 4.92 Å². The molecule has 0 atom stereocenters. The predicted octanol–water partition coefficient (Wildman–Crippen LogP) is 4.75. The molecule has 8 heteroatoms. The lowest BCUT2D eigenvalue weighted by molar-refractivity contribution is -0.384. The van der Waals surface area contributed by atoms with Gasteiger partial charge in [-0.3, -0.25) is 24.5 Å². The maximum absolute atomic E-state index is 13.3. The second kappa shape index (κ2) is 10.4. The number of piperidine rings is 1. The summed E-state index contributed by atoms with van der Waals surface area (Å²) in [4.78, 5) is 52.1. The lowest BCUT2D eigenvalue weighted by Crippen LogP contribution is -2.44. The number of hydrogen-bond donors (Lipinski definition) is 0. The smallest absolute Gasteiger partial charge is 0.270 e. The highest BCUT2D eigenvalue weighted by atomic mass is 16.6. The van der Waals surface area contributed by atoms with Crippen molar-refractivity contribution in [2.24, 2.45) is 5.41 Å². The fourth-order valence-electron chi connectivity index (χ4n) is 5.18. The number of hydrogen-bond acceptors (Lipinski definition) is 5. The lowest BCUT2D eigenvalue weighted by atomic mass is 9.77. The number of non-ortho nitro benzene ring substituents is 1. The van der Waals surface area contributed by atoms with Gasteiger partial charge in [-0.2, -0.15) is 0 Å². The summed E-state index contributed by atoms with van der Waals surface area (Å²) in [6.07, 6.45) is 4.87. The summed E-state index contributed by atoms with van der Waals surface area (Å²) in [6, 6.07) is 13.1. The van der Waals surface area contributed by atoms with Crippen LogP contribution in [0.1, 0.15) is 65.8 Å². The molecule has 0 aliphatic carbocycles. The number of benzene rings is 2. The SMILES string of the molecule is CCC(=Cc1cccc([N+](=O)[O-])c1)C(=O)N1CCC2(CCN(C(=O)c3ccc(C(C)=O)cc3)CC2)C1. The minimum Gasteiger partial charge on any atom is -0.339 e. The summed E-state index contributed by atoms with van der Waals surface area (Å²) in [5, 5.41) is 11.1. The van der Waals surface area contributed by atoms with Gasteiger partial charge in [0.25, 0.3) is 11.6 Å². The molecule has 0 aromatic heterocycles. The summed E-state index contributed by atoms with van der Waals surface area (Å²) in [7, 11) is 0. The average molecular weight is 490 g/mol. The molecule has 0 unspecified atom stereocenters. The molecule has 4 rings (SSSR count). The monoisotopic (exact) mass is 489 g/mol. The summed E-state index contributed by atoms with van der Waals surface area (Å²) >= 11 is 0. The molecule has 2 heterocycles. The molecule has 1 spiro atoms. The minimum atomic E-state index is -0.437. The van der Waals surface area contributed by atoms with Crippen LogP contribution in [-0.2, 0) is 4.79 Å². The van der Waals surface area contributed by atoms with Gasteiger partial charge in [-0.05, 0) is 61.8 Å². The maximum atomic E-state index is 13.3. The third-order valence-electron chi connectivity index (χ3n) is 7.45. The fourth-order valence-corrected chi connectivity index (χ4v) is 5.18. The van der Waals surface area contributed by atoms with E-state index in [9.17, 15) is 24.5 Å². The molecule has 8 nitrogen and oxygen atoms in total. The number of nitro benzene ring substituents is 1. The second-order valence-corrected chi connectivity index (χ2v) is 9.78. The van der Waals surface area contributed by atoms with E-state index in [2.05, 4.69) is 0 Å². The zero-order valence-corrected chi connectivity index (χ0v) is 20.7. The van der Waals surface area contributed by atoms with Gasteiger partial charge in [0.2, 0.25) is 5.91 Å². The topological polar surface area (TPSA) is 101 Å². The quantitative estimate of drug-likeness (QED) is 0.252. The third kappa shape index (κ3) is 5.37. The normalized spacial score (nSPS) is 17.3. The first-order valence-corrected chi connectivity index (χ1v) is 12.4. The standard InChI is InChI=1S/C28H31N3O5/c1-3-22(17-21-5-4-6-25(18-21)31(35)36)26(33)30-16-13-28(19-30)11-14-29(15-12-28)27(34)24-9-7-23(8-10-24)20(2)32/h4-10,17-18H,3,11-16,19H2,1-2H3. The predicted molar refractivity (Wildman–Crippen MR) is 137 cm³/mol. The van der Waals surface area contributed by atoms with Gasteiger partial charge in [0.1, 0.15) is 0 Å². The Kier molecular flexibility index (Phi) is 7.33. The fraction of sp³-hybridized carbons (Fsp3) is 0.393. The zero-order valence-electron chi connectivity index (χ0n) is 20.7. The molecule has 2 fully saturated rings. The van der Waals surface area contributed by atoms with Gasteiger partial charge in [0, 0.05) is 55.0 Å². The van der Waals surface area contributed by atoms with Crippen molar-refractivity contribution >= 4 is 29.4 Å². The Labute approximate surface area is 210 Å². The molecule has 0 saturated carbocycles. The lowest BCUT2D eigenvalue weighted by Gasteiger charge is -2.39. The molecule has 2 aromatic rings. The van der Waals surface area contributed by atoms with E-state index in [-0.39, 0.29) is 28.7 Å². The summed E-state index contributed by atoms with van der Waals surface area (Å²) in [6.45, 7) is 6.03. The van der Waals surface area contributed by atoms with Crippen LogP contribution in [0.25, 0.3) is 6.08 Å². The van der Waals surface area contributed by atoms with Crippen LogP contribution in [0, 0.1) is 15.5 Å². The summed E-state index contributed by atoms with van der Waals surface area (Å²) < 4.78 is 0. The first kappa shape index (κ1) is 25.3. The highest BCUT2D eigenvalue weighted by Gasteiger charge is 2.43. The molecule has 0 N–H and O–H groups in total. The number of likely N-dealkylation sites (tertiary alicyclic amines) is 2. The van der Waals surface area contributed by atoms with Gasteiger partial charge in [-0.1, -0.05) is 31.2 Å². The molecular weight excluding hydrogens is 458 g/mol. The first-order valence-electron chi connectivity index (χ1n) is 12.4. The van der Waals surface area contributed by atoms with Crippen LogP contribution in [0.4, 0.5) is 5.69 Å². The largest absolute Gasteiger partial charge is 0.339 e. The van der Waals surface area contributed by atoms with Crippen molar-refractivity contribution in [2.75, 3.05) is 26.2 Å². The molecule has 36 heavy (non-hydrogen) atoms. The van der Waals surface area contributed by atoms with Crippen molar-refractivity contribution < 1.29 is 19.3 Å². The molecular formula is C28H31N3O5. The van der Waals surface area contributed by atoms with Crippen molar-refractivity contribution in [3.63, 3.8) is 0 Å². The van der Waals surface area contributed by atoms with Gasteiger partial charge in [0.05, 0.1) is 4.92 Å². The van der Waals surface area contributed by atoms with E-state index in [1.54, 1.807) is 42.5 Å². The van der Waals surface area contributed by atoms with Crippen molar-refractivity contribution in [1.82, 2.24) is 9.80 Å². The number of Topliss-reactive ketones (excluding diaryl/α,β-unsaturated/α-hetero) is 1. The molecule has 2 aliphatic heterocycles. The highest BCUT2D eigenvalue weighted by molar-refractivity contribution is 5.98. The molecule has 188 valence electrons. The Morgan fingerprint density at radius 1 is 0.972 bits per heavy atom. The van der Waals surface area contributed by atoms with Crippen LogP contribution in [0.5, 0.6) is 0 Å². The van der Waals surface area contributed by atoms with Gasteiger partial charge < -0.3 is 9.80 Å². The highest BCUT2D eigenvalue weighted by Crippen LogP contribution is 2.41. The minimum absolute atomic E-state index is 0.00267. The van der Waals surface area contributed by atoms with Crippen LogP contribution in [0.15, 0.2) is 54.1 Å². The van der Waals surface area contributed by atoms with Crippen LogP contribution >= 0.6 is 0 Å². The Morgan fingerprint density at radius 2 is 1.58 bits per heavy atom. The van der Waals surface area contributed by atoms with E-state index in [1.807, 2.05) is 16.7 Å². The molecule has 2 saturated heterocycles. The molecule has 0 radical (unpaired) electrons. The van der Waals surface area contributed by atoms with Gasteiger partial charge in [0.15, 0.2) is 5.78 Å². The third-order valence-corrected chi connectivity index (χ3v) is 7.45. The number of nitro groups is 1. The van der Waals surface area contributed by atoms with Crippen LogP contribution in [0.3, 0.4) is 0 Å². The van der Waals surface area contributed by atoms with E-state index in [1.165, 1.54) is 19.1 Å². The van der Waals surface area contributed by atoms with E-state index in [4.69, 9.17) is 0 Å². The van der Waals surface area contributed by atoms with Gasteiger partial charge >= 0.3 is 0 Å². The molecule has 2 amide bonds. The Balaban J connectivity index is 1.38. The first-order chi connectivity index (χ1) is 17.2. The number of rotatable bonds is 6. The van der Waals surface area contributed by atoms with Crippen molar-refractivity contribution in [3.8, 4) is 0 Å². The zero-order chi connectivity index (χ0) is 25.9. The number of carbonyl (C=O) groups is 3. The summed E-state index contributed by atoms with van der Waals surface area (Å²) in [5.41, 5.74) is 2.46. The van der Waals surface area contributed by atoms with Gasteiger partial charge in [-0.25, -0.2) is 0 Å². The van der Waals surface area contributed by atoms with Crippen LogP contribution in [0.2, 0.25) is 0 Å². The molecule has 0 bridgehead atoms. The van der Waals surface area contributed by atoms with Gasteiger partial charge in [-0.15, -0.1) is 0 Å². The Hall–Kier alpha value is -3.81. The Morgan fingerprint density at radius 3 is 2.17 bits per heavy atom. The van der Waals surface area contributed by atoms with Crippen molar-refractivity contribution in [1.29, 1.82) is 0 Å². The average Bonchev–Trinajstić information content (AvgIpc) is 3.30. The Bertz CT molecular complexity index is 1210. The van der Waals surface area contributed by atoms with E-state index >= 15 is 0 Å². The van der Waals surface area contributed by atoms with Crippen molar-refractivity contribution in [3.05, 3.63) is 80.9 Å². The number of amides is 2. The summed E-state index contributed by atoms with van der Waals surface area (Å²) in [5.74, 6) is -0.0793. The molecule has 2 aliphatic rings. The number of carbonyl (C=O) groups excluding carboxylic acids is 3. The van der Waals surface area contributed by atoms with E-state index in [0.29, 0.717) is 54.9 Å².